The minimum atomic E-state index is -1.12. The molecule has 0 aliphatic rings. The van der Waals surface area contributed by atoms with Crippen LogP contribution in [0, 0.1) is 12.7 Å². The largest absolute Gasteiger partial charge is 0.480 e. The summed E-state index contributed by atoms with van der Waals surface area (Å²) in [4.78, 5) is 10.4. The first-order valence-electron chi connectivity index (χ1n) is 4.49. The van der Waals surface area contributed by atoms with Crippen LogP contribution in [-0.4, -0.2) is 23.7 Å². The molecule has 1 atom stereocenters. The molecule has 0 aliphatic heterocycles. The Labute approximate surface area is 86.9 Å². The molecule has 4 N–H and O–H groups in total. The molecule has 5 heteroatoms. The number of halogens is 1. The number of anilines is 1. The average Bonchev–Trinajstić information content (AvgIpc) is 2.18. The second-order valence-electron chi connectivity index (χ2n) is 3.31. The molecule has 0 saturated heterocycles. The number of nitrogens with two attached hydrogens (primary N) is 1. The highest BCUT2D eigenvalue weighted by atomic mass is 19.1. The molecule has 1 aromatic carbocycles. The minimum Gasteiger partial charge on any atom is -0.480 e. The molecule has 1 unspecified atom stereocenters. The van der Waals surface area contributed by atoms with Crippen LogP contribution in [0.3, 0.4) is 0 Å². The summed E-state index contributed by atoms with van der Waals surface area (Å²) in [6, 6.07) is 3.52. The second-order valence-corrected chi connectivity index (χ2v) is 3.31. The van der Waals surface area contributed by atoms with Gasteiger partial charge in [0.2, 0.25) is 0 Å². The van der Waals surface area contributed by atoms with Gasteiger partial charge in [0.25, 0.3) is 0 Å². The Hall–Kier alpha value is -1.62. The zero-order valence-electron chi connectivity index (χ0n) is 8.33. The number of carbonyl (C=O) groups is 1. The van der Waals surface area contributed by atoms with E-state index >= 15 is 0 Å². The highest BCUT2D eigenvalue weighted by Crippen LogP contribution is 2.15. The van der Waals surface area contributed by atoms with Crippen LogP contribution in [0.2, 0.25) is 0 Å². The third-order valence-corrected chi connectivity index (χ3v) is 1.95. The van der Waals surface area contributed by atoms with Gasteiger partial charge in [-0.05, 0) is 24.6 Å². The topological polar surface area (TPSA) is 75.3 Å². The van der Waals surface area contributed by atoms with Crippen molar-refractivity contribution in [3.05, 3.63) is 29.6 Å². The lowest BCUT2D eigenvalue weighted by molar-refractivity contribution is -0.138. The van der Waals surface area contributed by atoms with Crippen LogP contribution in [-0.2, 0) is 4.79 Å². The number of carboxylic acid groups (broad SMARTS) is 1. The number of rotatable bonds is 4. The number of aliphatic carboxylic acids is 1. The Bertz CT molecular complexity index is 368. The molecule has 0 aliphatic carbocycles. The van der Waals surface area contributed by atoms with Crippen molar-refractivity contribution in [2.45, 2.75) is 13.0 Å². The van der Waals surface area contributed by atoms with Gasteiger partial charge in [-0.25, -0.2) is 4.39 Å². The first-order valence-corrected chi connectivity index (χ1v) is 4.49. The van der Waals surface area contributed by atoms with E-state index in [0.717, 1.165) is 5.56 Å². The van der Waals surface area contributed by atoms with Crippen LogP contribution in [0.5, 0.6) is 0 Å². The summed E-state index contributed by atoms with van der Waals surface area (Å²) in [7, 11) is 0. The standard InChI is InChI=1S/C10H13FN2O2/c1-6-2-3-7(11)9(4-6)13-5-8(12)10(14)15/h2-4,8,13H,5,12H2,1H3,(H,14,15). The predicted octanol–water partition coefficient (Wildman–Crippen LogP) is 0.958. The highest BCUT2D eigenvalue weighted by Gasteiger charge is 2.11. The number of hydrogen-bond donors (Lipinski definition) is 3. The fourth-order valence-corrected chi connectivity index (χ4v) is 1.08. The number of hydrogen-bond acceptors (Lipinski definition) is 3. The molecule has 1 aromatic rings. The number of aryl methyl sites for hydroxylation is 1. The van der Waals surface area contributed by atoms with E-state index in [1.165, 1.54) is 6.07 Å². The maximum atomic E-state index is 13.2. The fraction of sp³-hybridized carbons (Fsp3) is 0.300. The van der Waals surface area contributed by atoms with Gasteiger partial charge < -0.3 is 16.2 Å². The van der Waals surface area contributed by atoms with Gasteiger partial charge in [0.15, 0.2) is 0 Å². The van der Waals surface area contributed by atoms with Crippen LogP contribution in [0.1, 0.15) is 5.56 Å². The smallest absolute Gasteiger partial charge is 0.322 e. The Morgan fingerprint density at radius 1 is 1.67 bits per heavy atom. The van der Waals surface area contributed by atoms with E-state index < -0.39 is 17.8 Å². The molecule has 1 rings (SSSR count). The van der Waals surface area contributed by atoms with Crippen LogP contribution in [0.15, 0.2) is 18.2 Å². The minimum absolute atomic E-state index is 0.00426. The van der Waals surface area contributed by atoms with Crippen LogP contribution in [0.25, 0.3) is 0 Å². The summed E-state index contributed by atoms with van der Waals surface area (Å²) in [5.74, 6) is -1.53. The molecule has 82 valence electrons. The molecular formula is C10H13FN2O2. The summed E-state index contributed by atoms with van der Waals surface area (Å²) in [5, 5.41) is 11.2. The Balaban J connectivity index is 2.65. The molecule has 0 spiro atoms. The van der Waals surface area contributed by atoms with Gasteiger partial charge in [0, 0.05) is 6.54 Å². The van der Waals surface area contributed by atoms with Crippen molar-refractivity contribution < 1.29 is 14.3 Å². The molecular weight excluding hydrogens is 199 g/mol. The van der Waals surface area contributed by atoms with Crippen molar-refractivity contribution in [3.63, 3.8) is 0 Å². The summed E-state index contributed by atoms with van der Waals surface area (Å²) >= 11 is 0. The van der Waals surface area contributed by atoms with Crippen LogP contribution < -0.4 is 11.1 Å². The van der Waals surface area contributed by atoms with E-state index in [1.54, 1.807) is 12.1 Å². The van der Waals surface area contributed by atoms with E-state index in [9.17, 15) is 9.18 Å². The molecule has 15 heavy (non-hydrogen) atoms. The number of benzene rings is 1. The first kappa shape index (κ1) is 11.5. The molecule has 0 amide bonds. The first-order chi connectivity index (χ1) is 7.00. The van der Waals surface area contributed by atoms with Gasteiger partial charge in [-0.1, -0.05) is 6.07 Å². The number of nitrogens with one attached hydrogen (secondary N) is 1. The summed E-state index contributed by atoms with van der Waals surface area (Å²) in [5.41, 5.74) is 6.43. The van der Waals surface area contributed by atoms with Crippen LogP contribution in [0.4, 0.5) is 10.1 Å². The summed E-state index contributed by atoms with van der Waals surface area (Å²) in [6.45, 7) is 1.82. The molecule has 0 saturated carbocycles. The molecule has 0 fully saturated rings. The van der Waals surface area contributed by atoms with Gasteiger partial charge >= 0.3 is 5.97 Å². The summed E-state index contributed by atoms with van der Waals surface area (Å²) in [6.07, 6.45) is 0. The molecule has 0 radical (unpaired) electrons. The third-order valence-electron chi connectivity index (χ3n) is 1.95. The van der Waals surface area contributed by atoms with Crippen molar-refractivity contribution in [3.8, 4) is 0 Å². The Kier molecular flexibility index (Phi) is 3.62. The molecule has 0 bridgehead atoms. The lowest BCUT2D eigenvalue weighted by atomic mass is 10.2. The van der Waals surface area contributed by atoms with Crippen molar-refractivity contribution in [2.75, 3.05) is 11.9 Å². The van der Waals surface area contributed by atoms with Gasteiger partial charge in [-0.2, -0.15) is 0 Å². The highest BCUT2D eigenvalue weighted by molar-refractivity contribution is 5.74. The maximum Gasteiger partial charge on any atom is 0.322 e. The SMILES string of the molecule is Cc1ccc(F)c(NCC(N)C(=O)O)c1. The lowest BCUT2D eigenvalue weighted by Gasteiger charge is -2.10. The van der Waals surface area contributed by atoms with E-state index in [0.29, 0.717) is 0 Å². The fourth-order valence-electron chi connectivity index (χ4n) is 1.08. The molecule has 0 heterocycles. The normalized spacial score (nSPS) is 12.2. The maximum absolute atomic E-state index is 13.2. The Morgan fingerprint density at radius 3 is 2.93 bits per heavy atom. The lowest BCUT2D eigenvalue weighted by Crippen LogP contribution is -2.37. The van der Waals surface area contributed by atoms with Crippen molar-refractivity contribution in [1.82, 2.24) is 0 Å². The van der Waals surface area contributed by atoms with Crippen LogP contribution >= 0.6 is 0 Å². The van der Waals surface area contributed by atoms with Crippen molar-refractivity contribution in [1.29, 1.82) is 0 Å². The van der Waals surface area contributed by atoms with Crippen molar-refractivity contribution >= 4 is 11.7 Å². The van der Waals surface area contributed by atoms with E-state index in [2.05, 4.69) is 5.32 Å². The van der Waals surface area contributed by atoms with Gasteiger partial charge in [-0.15, -0.1) is 0 Å². The zero-order chi connectivity index (χ0) is 11.4. The van der Waals surface area contributed by atoms with Gasteiger partial charge in [0.05, 0.1) is 5.69 Å². The average molecular weight is 212 g/mol. The summed E-state index contributed by atoms with van der Waals surface area (Å²) < 4.78 is 13.2. The predicted molar refractivity (Wildman–Crippen MR) is 55.2 cm³/mol. The second kappa shape index (κ2) is 4.75. The van der Waals surface area contributed by atoms with E-state index in [-0.39, 0.29) is 12.2 Å². The Morgan fingerprint density at radius 2 is 2.33 bits per heavy atom. The quantitative estimate of drug-likeness (QED) is 0.694. The van der Waals surface area contributed by atoms with Gasteiger partial charge in [-0.3, -0.25) is 4.79 Å². The molecule has 4 nitrogen and oxygen atoms in total. The van der Waals surface area contributed by atoms with Gasteiger partial charge in [0.1, 0.15) is 11.9 Å². The van der Waals surface area contributed by atoms with E-state index in [4.69, 9.17) is 10.8 Å². The third kappa shape index (κ3) is 3.21. The number of carboxylic acids is 1. The van der Waals surface area contributed by atoms with E-state index in [1.807, 2.05) is 6.92 Å². The monoisotopic (exact) mass is 212 g/mol. The zero-order valence-corrected chi connectivity index (χ0v) is 8.33. The van der Waals surface area contributed by atoms with Crippen molar-refractivity contribution in [2.24, 2.45) is 5.73 Å². The molecule has 0 aromatic heterocycles.